The van der Waals surface area contributed by atoms with Gasteiger partial charge in [-0.1, -0.05) is 53.5 Å². The van der Waals surface area contributed by atoms with Gasteiger partial charge in [0, 0.05) is 11.8 Å². The van der Waals surface area contributed by atoms with Crippen molar-refractivity contribution in [3.63, 3.8) is 0 Å². The molecule has 2 aromatic rings. The molecule has 0 spiro atoms. The molecule has 1 aliphatic heterocycles. The number of hydrogen-bond acceptors (Lipinski definition) is 4. The lowest BCUT2D eigenvalue weighted by atomic mass is 10.1. The first-order chi connectivity index (χ1) is 13.3. The second-order valence-electron chi connectivity index (χ2n) is 5.57. The smallest absolute Gasteiger partial charge is 0.300 e. The third-order valence-corrected chi connectivity index (χ3v) is 4.69. The number of thioether (sulfide) groups is 1. The predicted octanol–water partition coefficient (Wildman–Crippen LogP) is 4.61. The fraction of sp³-hybridized carbons (Fsp3) is 0.105. The van der Waals surface area contributed by atoms with E-state index in [1.54, 1.807) is 30.3 Å². The van der Waals surface area contributed by atoms with Gasteiger partial charge in [-0.15, -0.1) is 6.42 Å². The van der Waals surface area contributed by atoms with Gasteiger partial charge in [-0.25, -0.2) is 4.99 Å². The summed E-state index contributed by atoms with van der Waals surface area (Å²) in [5.41, 5.74) is 0.789. The highest BCUT2D eigenvalue weighted by Crippen LogP contribution is 2.34. The average molecular weight is 422 g/mol. The van der Waals surface area contributed by atoms with E-state index >= 15 is 0 Å². The molecule has 28 heavy (non-hydrogen) atoms. The van der Waals surface area contributed by atoms with E-state index in [0.29, 0.717) is 22.0 Å². The van der Waals surface area contributed by atoms with Gasteiger partial charge in [-0.05, 0) is 17.7 Å². The molecule has 0 bridgehead atoms. The van der Waals surface area contributed by atoms with Crippen LogP contribution in [0.2, 0.25) is 5.02 Å². The number of halogens is 4. The molecule has 0 atom stereocenters. The van der Waals surface area contributed by atoms with Gasteiger partial charge in [0.25, 0.3) is 5.91 Å². The summed E-state index contributed by atoms with van der Waals surface area (Å²) in [6, 6.07) is 7.52. The molecule has 1 aliphatic rings. The molecule has 0 radical (unpaired) electrons. The summed E-state index contributed by atoms with van der Waals surface area (Å²) < 4.78 is 38.2. The van der Waals surface area contributed by atoms with Crippen LogP contribution in [0, 0.1) is 12.3 Å². The van der Waals surface area contributed by atoms with E-state index in [1.807, 2.05) is 0 Å². The SMILES string of the molecule is C#CCSC1=N/C(=C/c2ccc(-c3ncc(C(F)(F)F)cc3Cl)cc2)C(=O)N1. The van der Waals surface area contributed by atoms with E-state index in [2.05, 4.69) is 21.2 Å². The maximum atomic E-state index is 12.7. The fourth-order valence-electron chi connectivity index (χ4n) is 2.33. The van der Waals surface area contributed by atoms with Crippen LogP contribution in [0.4, 0.5) is 13.2 Å². The normalized spacial score (nSPS) is 15.3. The molecule has 142 valence electrons. The highest BCUT2D eigenvalue weighted by molar-refractivity contribution is 8.14. The molecule has 0 fully saturated rings. The van der Waals surface area contributed by atoms with Crippen LogP contribution in [-0.4, -0.2) is 21.8 Å². The first kappa shape index (κ1) is 20.0. The number of aliphatic imine (C=N–C) groups is 1. The van der Waals surface area contributed by atoms with Crippen LogP contribution in [-0.2, 0) is 11.0 Å². The molecule has 2 heterocycles. The zero-order chi connectivity index (χ0) is 20.3. The van der Waals surface area contributed by atoms with Crippen LogP contribution in [0.3, 0.4) is 0 Å². The van der Waals surface area contributed by atoms with Crippen molar-refractivity contribution in [1.82, 2.24) is 10.3 Å². The highest BCUT2D eigenvalue weighted by atomic mass is 35.5. The number of amidine groups is 1. The largest absolute Gasteiger partial charge is 0.417 e. The number of pyridine rings is 1. The monoisotopic (exact) mass is 421 g/mol. The van der Waals surface area contributed by atoms with Crippen molar-refractivity contribution >= 4 is 40.5 Å². The number of aromatic nitrogens is 1. The highest BCUT2D eigenvalue weighted by Gasteiger charge is 2.31. The van der Waals surface area contributed by atoms with Crippen molar-refractivity contribution in [1.29, 1.82) is 0 Å². The van der Waals surface area contributed by atoms with Gasteiger partial charge in [-0.3, -0.25) is 15.1 Å². The lowest BCUT2D eigenvalue weighted by Gasteiger charge is -2.09. The van der Waals surface area contributed by atoms with Crippen LogP contribution < -0.4 is 5.32 Å². The molecule has 1 aromatic carbocycles. The second kappa shape index (κ2) is 8.09. The van der Waals surface area contributed by atoms with E-state index in [0.717, 1.165) is 12.3 Å². The molecule has 9 heteroatoms. The molecular formula is C19H11ClF3N3OS. The van der Waals surface area contributed by atoms with Crippen molar-refractivity contribution in [2.45, 2.75) is 6.18 Å². The van der Waals surface area contributed by atoms with E-state index in [1.165, 1.54) is 11.8 Å². The summed E-state index contributed by atoms with van der Waals surface area (Å²) in [5.74, 6) is 2.50. The minimum absolute atomic E-state index is 0.101. The van der Waals surface area contributed by atoms with Gasteiger partial charge in [0.2, 0.25) is 0 Å². The average Bonchev–Trinajstić information content (AvgIpc) is 2.99. The van der Waals surface area contributed by atoms with E-state index in [-0.39, 0.29) is 22.3 Å². The number of carbonyl (C=O) groups excluding carboxylic acids is 1. The summed E-state index contributed by atoms with van der Waals surface area (Å²) in [6.45, 7) is 0. The molecule has 0 saturated carbocycles. The Bertz CT molecular complexity index is 1020. The number of alkyl halides is 3. The van der Waals surface area contributed by atoms with Crippen LogP contribution in [0.15, 0.2) is 47.2 Å². The van der Waals surface area contributed by atoms with Gasteiger partial charge in [0.1, 0.15) is 5.70 Å². The predicted molar refractivity (Wildman–Crippen MR) is 105 cm³/mol. The maximum absolute atomic E-state index is 12.7. The third-order valence-electron chi connectivity index (χ3n) is 3.62. The van der Waals surface area contributed by atoms with Crippen LogP contribution in [0.5, 0.6) is 0 Å². The van der Waals surface area contributed by atoms with Crippen molar-refractivity contribution < 1.29 is 18.0 Å². The third kappa shape index (κ3) is 4.55. The number of amides is 1. The Morgan fingerprint density at radius 1 is 1.29 bits per heavy atom. The molecular weight excluding hydrogens is 411 g/mol. The second-order valence-corrected chi connectivity index (χ2v) is 6.94. The molecule has 3 rings (SSSR count). The van der Waals surface area contributed by atoms with Crippen molar-refractivity contribution in [2.75, 3.05) is 5.75 Å². The van der Waals surface area contributed by atoms with Crippen LogP contribution in [0.1, 0.15) is 11.1 Å². The minimum atomic E-state index is -4.51. The molecule has 4 nitrogen and oxygen atoms in total. The summed E-state index contributed by atoms with van der Waals surface area (Å²) in [6.07, 6.45) is 3.00. The first-order valence-corrected chi connectivity index (χ1v) is 9.15. The Morgan fingerprint density at radius 3 is 2.61 bits per heavy atom. The molecule has 1 amide bonds. The molecule has 0 saturated heterocycles. The zero-order valence-electron chi connectivity index (χ0n) is 14.0. The standard InChI is InChI=1S/C19H11ClF3N3OS/c1-2-7-28-18-25-15(17(27)26-18)8-11-3-5-12(6-4-11)16-14(20)9-13(10-24-16)19(21,22)23/h1,3-6,8-10H,7H2,(H,25,26,27)/b15-8+. The van der Waals surface area contributed by atoms with Gasteiger partial charge in [0.05, 0.1) is 22.0 Å². The van der Waals surface area contributed by atoms with E-state index in [9.17, 15) is 18.0 Å². The Labute approximate surface area is 167 Å². The summed E-state index contributed by atoms with van der Waals surface area (Å²) in [4.78, 5) is 19.9. The van der Waals surface area contributed by atoms with Crippen molar-refractivity contribution in [2.24, 2.45) is 4.99 Å². The number of nitrogens with one attached hydrogen (secondary N) is 1. The summed E-state index contributed by atoms with van der Waals surface area (Å²) in [5, 5.41) is 2.95. The minimum Gasteiger partial charge on any atom is -0.300 e. The lowest BCUT2D eigenvalue weighted by Crippen LogP contribution is -2.21. The number of carbonyl (C=O) groups is 1. The quantitative estimate of drug-likeness (QED) is 0.581. The maximum Gasteiger partial charge on any atom is 0.417 e. The number of nitrogens with zero attached hydrogens (tertiary/aromatic N) is 2. The topological polar surface area (TPSA) is 54.4 Å². The molecule has 1 aromatic heterocycles. The van der Waals surface area contributed by atoms with Crippen LogP contribution in [0.25, 0.3) is 17.3 Å². The summed E-state index contributed by atoms with van der Waals surface area (Å²) in [7, 11) is 0. The first-order valence-electron chi connectivity index (χ1n) is 7.79. The van der Waals surface area contributed by atoms with Gasteiger partial charge >= 0.3 is 6.18 Å². The van der Waals surface area contributed by atoms with Crippen molar-refractivity contribution in [3.8, 4) is 23.6 Å². The summed E-state index contributed by atoms with van der Waals surface area (Å²) >= 11 is 7.21. The van der Waals surface area contributed by atoms with E-state index < -0.39 is 11.7 Å². The lowest BCUT2D eigenvalue weighted by molar-refractivity contribution is -0.137. The Kier molecular flexibility index (Phi) is 5.77. The Balaban J connectivity index is 1.82. The van der Waals surface area contributed by atoms with E-state index in [4.69, 9.17) is 18.0 Å². The van der Waals surface area contributed by atoms with Gasteiger partial charge in [0.15, 0.2) is 5.17 Å². The Morgan fingerprint density at radius 2 is 2.00 bits per heavy atom. The molecule has 0 aliphatic carbocycles. The molecule has 1 N–H and O–H groups in total. The number of terminal acetylenes is 1. The van der Waals surface area contributed by atoms with Crippen LogP contribution >= 0.6 is 23.4 Å². The van der Waals surface area contributed by atoms with Gasteiger partial charge in [-0.2, -0.15) is 13.2 Å². The van der Waals surface area contributed by atoms with Crippen molar-refractivity contribution in [3.05, 3.63) is 58.4 Å². The number of rotatable bonds is 3. The fourth-order valence-corrected chi connectivity index (χ4v) is 3.15. The Hall–Kier alpha value is -2.76. The zero-order valence-corrected chi connectivity index (χ0v) is 15.6. The van der Waals surface area contributed by atoms with Gasteiger partial charge < -0.3 is 0 Å². The number of benzene rings is 1. The molecule has 0 unspecified atom stereocenters. The number of hydrogen-bond donors (Lipinski definition) is 1.